The number of carbonyl (C=O) groups excluding carboxylic acids is 1. The van der Waals surface area contributed by atoms with Gasteiger partial charge >= 0.3 is 6.18 Å². The fraction of sp³-hybridized carbons (Fsp3) is 0.724. The molecule has 2 unspecified atom stereocenters. The van der Waals surface area contributed by atoms with Gasteiger partial charge in [-0.3, -0.25) is 4.79 Å². The van der Waals surface area contributed by atoms with Crippen LogP contribution in [0, 0.1) is 23.7 Å². The van der Waals surface area contributed by atoms with Gasteiger partial charge in [-0.05, 0) is 75.0 Å². The van der Waals surface area contributed by atoms with Crippen LogP contribution >= 0.6 is 11.9 Å². The minimum Gasteiger partial charge on any atom is -0.345 e. The van der Waals surface area contributed by atoms with Crippen LogP contribution in [0.5, 0.6) is 0 Å². The van der Waals surface area contributed by atoms with Gasteiger partial charge in [0.1, 0.15) is 0 Å². The number of hydrogen-bond donors (Lipinski definition) is 1. The number of halogens is 3. The Morgan fingerprint density at radius 2 is 1.79 bits per heavy atom. The molecule has 4 atom stereocenters. The number of fused-ring (bicyclic) bond motifs is 1. The largest absolute Gasteiger partial charge is 0.412 e. The maximum atomic E-state index is 13.3. The molecule has 0 radical (unpaired) electrons. The fourth-order valence-electron chi connectivity index (χ4n) is 5.25. The molecule has 5 nitrogen and oxygen atoms in total. The van der Waals surface area contributed by atoms with Gasteiger partial charge < -0.3 is 10.3 Å². The molecule has 1 N–H and O–H groups in total. The first-order chi connectivity index (χ1) is 18.2. The standard InChI is InChI=1S/C17H24F3NO.C8H15N3S.2C2H6/c1-3-5-6-15(16(4-2)17(18,19)20)12-7-13-9-21(11-22)10-14(13)8-12;1-8-3-5-11(12-2)6-4-9-10-7-8;2*1-2/h3-5,11-15H,6-10H2,1-2H3;7,9H,1,3-6H2,2H3;2*1-2H3/b5-3-,16-4+;10-7-;;/t12?,13-,14+,15?;;;. The van der Waals surface area contributed by atoms with Gasteiger partial charge in [0.25, 0.3) is 0 Å². The Balaban J connectivity index is 0.000000723. The summed E-state index contributed by atoms with van der Waals surface area (Å²) in [7, 11) is 0. The van der Waals surface area contributed by atoms with E-state index in [1.54, 1.807) is 16.8 Å². The highest BCUT2D eigenvalue weighted by Crippen LogP contribution is 2.49. The summed E-state index contributed by atoms with van der Waals surface area (Å²) in [4.78, 5) is 12.6. The highest BCUT2D eigenvalue weighted by Gasteiger charge is 2.47. The average molecular weight is 561 g/mol. The number of amides is 1. The first-order valence-corrected chi connectivity index (χ1v) is 15.2. The number of allylic oxidation sites excluding steroid dienone is 4. The molecule has 2 aliphatic heterocycles. The molecule has 3 rings (SSSR count). The summed E-state index contributed by atoms with van der Waals surface area (Å²) in [5, 5.41) is 4.03. The van der Waals surface area contributed by atoms with E-state index in [9.17, 15) is 18.0 Å². The minimum absolute atomic E-state index is 0.0628. The normalized spacial score (nSPS) is 25.6. The third-order valence-electron chi connectivity index (χ3n) is 6.95. The first kappa shape index (κ1) is 36.3. The first-order valence-electron chi connectivity index (χ1n) is 14.0. The van der Waals surface area contributed by atoms with Crippen molar-refractivity contribution in [2.24, 2.45) is 28.8 Å². The molecule has 0 aromatic rings. The summed E-state index contributed by atoms with van der Waals surface area (Å²) < 4.78 is 42.2. The minimum atomic E-state index is -4.26. The molecule has 1 saturated heterocycles. The average Bonchev–Trinajstić information content (AvgIpc) is 3.51. The molecule has 3 aliphatic rings. The third kappa shape index (κ3) is 12.4. The molecule has 220 valence electrons. The van der Waals surface area contributed by atoms with Crippen molar-refractivity contribution in [3.63, 3.8) is 0 Å². The van der Waals surface area contributed by atoms with Crippen molar-refractivity contribution in [2.75, 3.05) is 39.0 Å². The Hall–Kier alpha value is -1.74. The van der Waals surface area contributed by atoms with Crippen LogP contribution in [0.25, 0.3) is 0 Å². The van der Waals surface area contributed by atoms with Crippen molar-refractivity contribution in [3.05, 3.63) is 36.0 Å². The summed E-state index contributed by atoms with van der Waals surface area (Å²) in [6.45, 7) is 19.6. The second kappa shape index (κ2) is 20.2. The number of nitrogens with one attached hydrogen (secondary N) is 1. The highest BCUT2D eigenvalue weighted by molar-refractivity contribution is 7.96. The molecular weight excluding hydrogens is 509 g/mol. The number of likely N-dealkylation sites (tertiary alicyclic amines) is 1. The second-order valence-corrected chi connectivity index (χ2v) is 10.0. The van der Waals surface area contributed by atoms with Gasteiger partial charge in [-0.25, -0.2) is 4.31 Å². The zero-order valence-corrected chi connectivity index (χ0v) is 25.4. The lowest BCUT2D eigenvalue weighted by atomic mass is 9.80. The molecule has 1 aliphatic carbocycles. The van der Waals surface area contributed by atoms with Crippen molar-refractivity contribution in [1.29, 1.82) is 0 Å². The smallest absolute Gasteiger partial charge is 0.345 e. The van der Waals surface area contributed by atoms with Crippen molar-refractivity contribution in [3.8, 4) is 0 Å². The van der Waals surface area contributed by atoms with Crippen LogP contribution in [0.2, 0.25) is 0 Å². The lowest BCUT2D eigenvalue weighted by Gasteiger charge is -2.28. The zero-order chi connectivity index (χ0) is 29.1. The van der Waals surface area contributed by atoms with Crippen molar-refractivity contribution in [1.82, 2.24) is 14.6 Å². The molecule has 9 heteroatoms. The SMILES string of the molecule is C/C=C\CC(/C(=C\C)C(F)(F)F)C1C[C@@H]2CN(C=O)C[C@@H]2C1.C=C1/C=N\NCCN(SC)CC1.CC.CC. The molecule has 1 amide bonds. The van der Waals surface area contributed by atoms with E-state index in [0.29, 0.717) is 31.3 Å². The lowest BCUT2D eigenvalue weighted by Crippen LogP contribution is -2.27. The maximum absolute atomic E-state index is 13.3. The predicted octanol–water partition coefficient (Wildman–Crippen LogP) is 7.35. The number of carbonyl (C=O) groups is 1. The summed E-state index contributed by atoms with van der Waals surface area (Å²) >= 11 is 1.78. The second-order valence-electron chi connectivity index (χ2n) is 9.15. The van der Waals surface area contributed by atoms with Crippen LogP contribution in [-0.4, -0.2) is 67.0 Å². The molecule has 2 heterocycles. The molecule has 0 aromatic heterocycles. The third-order valence-corrected chi connectivity index (χ3v) is 7.83. The van der Waals surface area contributed by atoms with E-state index in [1.165, 1.54) is 13.0 Å². The fourth-order valence-corrected chi connectivity index (χ4v) is 5.79. The van der Waals surface area contributed by atoms with Gasteiger partial charge in [-0.1, -0.05) is 64.4 Å². The van der Waals surface area contributed by atoms with Crippen LogP contribution in [0.3, 0.4) is 0 Å². The van der Waals surface area contributed by atoms with Crippen LogP contribution in [0.1, 0.15) is 67.2 Å². The van der Waals surface area contributed by atoms with Crippen LogP contribution in [0.4, 0.5) is 13.2 Å². The molecule has 0 aromatic carbocycles. The summed E-state index contributed by atoms with van der Waals surface area (Å²) in [6, 6.07) is 0. The number of alkyl halides is 3. The number of hydrogen-bond acceptors (Lipinski definition) is 5. The van der Waals surface area contributed by atoms with Gasteiger partial charge in [-0.2, -0.15) is 18.3 Å². The van der Waals surface area contributed by atoms with E-state index in [0.717, 1.165) is 50.9 Å². The molecule has 0 bridgehead atoms. The van der Waals surface area contributed by atoms with Crippen LogP contribution in [-0.2, 0) is 4.79 Å². The van der Waals surface area contributed by atoms with Crippen molar-refractivity contribution >= 4 is 24.6 Å². The lowest BCUT2D eigenvalue weighted by molar-refractivity contribution is -0.117. The topological polar surface area (TPSA) is 47.9 Å². The van der Waals surface area contributed by atoms with Gasteiger partial charge in [0.15, 0.2) is 0 Å². The summed E-state index contributed by atoms with van der Waals surface area (Å²) in [5.41, 5.74) is 3.68. The Labute approximate surface area is 234 Å². The Morgan fingerprint density at radius 1 is 1.18 bits per heavy atom. The van der Waals surface area contributed by atoms with E-state index in [-0.39, 0.29) is 11.5 Å². The predicted molar refractivity (Wildman–Crippen MR) is 158 cm³/mol. The van der Waals surface area contributed by atoms with Crippen LogP contribution in [0.15, 0.2) is 41.1 Å². The van der Waals surface area contributed by atoms with Gasteiger partial charge in [-0.15, -0.1) is 0 Å². The molecular formula is C29H51F3N4OS. The maximum Gasteiger partial charge on any atom is 0.412 e. The van der Waals surface area contributed by atoms with Crippen LogP contribution < -0.4 is 5.43 Å². The van der Waals surface area contributed by atoms with Gasteiger partial charge in [0.2, 0.25) is 6.41 Å². The van der Waals surface area contributed by atoms with E-state index < -0.39 is 12.1 Å². The van der Waals surface area contributed by atoms with E-state index in [2.05, 4.69) is 27.7 Å². The quantitative estimate of drug-likeness (QED) is 0.210. The van der Waals surface area contributed by atoms with Gasteiger partial charge in [0, 0.05) is 44.5 Å². The molecule has 1 saturated carbocycles. The summed E-state index contributed by atoms with van der Waals surface area (Å²) in [6.07, 6.45) is 8.45. The Bertz CT molecular complexity index is 741. The highest BCUT2D eigenvalue weighted by atomic mass is 32.2. The Morgan fingerprint density at radius 3 is 2.26 bits per heavy atom. The van der Waals surface area contributed by atoms with E-state index >= 15 is 0 Å². The molecule has 2 fully saturated rings. The van der Waals surface area contributed by atoms with Gasteiger partial charge in [0.05, 0.1) is 0 Å². The molecule has 38 heavy (non-hydrogen) atoms. The molecule has 0 spiro atoms. The van der Waals surface area contributed by atoms with E-state index in [4.69, 9.17) is 0 Å². The number of nitrogens with zero attached hydrogens (tertiary/aromatic N) is 3. The zero-order valence-electron chi connectivity index (χ0n) is 24.6. The van der Waals surface area contributed by atoms with Crippen molar-refractivity contribution < 1.29 is 18.0 Å². The van der Waals surface area contributed by atoms with Crippen molar-refractivity contribution in [2.45, 2.75) is 73.4 Å². The monoisotopic (exact) mass is 560 g/mol. The van der Waals surface area contributed by atoms with E-state index in [1.807, 2.05) is 53.0 Å². The summed E-state index contributed by atoms with van der Waals surface area (Å²) in [5.74, 6) is 0.341. The Kier molecular flexibility index (Phi) is 19.3. The number of rotatable bonds is 6. The number of hydrazone groups is 1.